The fraction of sp³-hybridized carbons (Fsp3) is 0.600. The summed E-state index contributed by atoms with van der Waals surface area (Å²) >= 11 is 0. The largest absolute Gasteiger partial charge is 0.384 e. The zero-order chi connectivity index (χ0) is 15.0. The van der Waals surface area contributed by atoms with E-state index < -0.39 is 10.0 Å². The molecular weight excluding hydrogens is 286 g/mol. The minimum Gasteiger partial charge on any atom is -0.384 e. The molecule has 0 aliphatic carbocycles. The molecule has 0 saturated carbocycles. The fourth-order valence-corrected chi connectivity index (χ4v) is 4.68. The van der Waals surface area contributed by atoms with Gasteiger partial charge in [0.25, 0.3) is 0 Å². The topological polar surface area (TPSA) is 52.7 Å². The van der Waals surface area contributed by atoms with Gasteiger partial charge in [-0.05, 0) is 51.1 Å². The number of anilines is 1. The molecule has 1 saturated heterocycles. The minimum atomic E-state index is -3.38. The Labute approximate surface area is 127 Å². The van der Waals surface area contributed by atoms with Crippen molar-refractivity contribution >= 4 is 15.7 Å². The average Bonchev–Trinajstić information content (AvgIpc) is 2.94. The van der Waals surface area contributed by atoms with Gasteiger partial charge in [-0.25, -0.2) is 8.42 Å². The van der Waals surface area contributed by atoms with E-state index in [1.165, 1.54) is 5.56 Å². The van der Waals surface area contributed by atoms with E-state index in [9.17, 15) is 8.42 Å². The van der Waals surface area contributed by atoms with Crippen LogP contribution in [0.3, 0.4) is 0 Å². The van der Waals surface area contributed by atoms with Crippen LogP contribution in [0.2, 0.25) is 0 Å². The van der Waals surface area contributed by atoms with Crippen LogP contribution < -0.4 is 5.32 Å². The van der Waals surface area contributed by atoms with Crippen molar-refractivity contribution in [3.8, 4) is 0 Å². The number of rotatable bonds is 3. The molecule has 116 valence electrons. The number of sulfonamides is 1. The van der Waals surface area contributed by atoms with Crippen molar-refractivity contribution < 1.29 is 8.42 Å². The van der Waals surface area contributed by atoms with E-state index in [0.717, 1.165) is 31.5 Å². The lowest BCUT2D eigenvalue weighted by molar-refractivity contribution is 0.190. The summed E-state index contributed by atoms with van der Waals surface area (Å²) in [4.78, 5) is 2.53. The van der Waals surface area contributed by atoms with Crippen LogP contribution in [0.5, 0.6) is 0 Å². The van der Waals surface area contributed by atoms with Crippen LogP contribution in [0.15, 0.2) is 23.1 Å². The van der Waals surface area contributed by atoms with Crippen molar-refractivity contribution in [2.45, 2.75) is 30.2 Å². The third kappa shape index (κ3) is 2.80. The van der Waals surface area contributed by atoms with Crippen molar-refractivity contribution in [1.29, 1.82) is 0 Å². The maximum atomic E-state index is 12.8. The van der Waals surface area contributed by atoms with E-state index in [2.05, 4.69) is 10.2 Å². The number of nitrogens with zero attached hydrogens (tertiary/aromatic N) is 2. The van der Waals surface area contributed by atoms with Gasteiger partial charge >= 0.3 is 0 Å². The highest BCUT2D eigenvalue weighted by Gasteiger charge is 2.31. The predicted molar refractivity (Wildman–Crippen MR) is 84.1 cm³/mol. The van der Waals surface area contributed by atoms with Gasteiger partial charge in [0.15, 0.2) is 0 Å². The van der Waals surface area contributed by atoms with Crippen molar-refractivity contribution in [3.05, 3.63) is 23.8 Å². The second kappa shape index (κ2) is 5.59. The molecule has 2 aliphatic heterocycles. The molecule has 0 bridgehead atoms. The maximum Gasteiger partial charge on any atom is 0.243 e. The molecule has 0 spiro atoms. The van der Waals surface area contributed by atoms with Crippen LogP contribution in [0.1, 0.15) is 18.4 Å². The number of fused-ring (bicyclic) bond motifs is 1. The van der Waals surface area contributed by atoms with Crippen LogP contribution in [-0.4, -0.2) is 57.4 Å². The Bertz CT molecular complexity index is 628. The quantitative estimate of drug-likeness (QED) is 0.916. The van der Waals surface area contributed by atoms with Gasteiger partial charge < -0.3 is 10.2 Å². The monoisotopic (exact) mass is 309 g/mol. The zero-order valence-corrected chi connectivity index (χ0v) is 13.5. The number of nitrogens with one attached hydrogen (secondary N) is 1. The second-order valence-electron chi connectivity index (χ2n) is 6.12. The molecule has 21 heavy (non-hydrogen) atoms. The first-order valence-electron chi connectivity index (χ1n) is 7.52. The Hall–Kier alpha value is -1.11. The summed E-state index contributed by atoms with van der Waals surface area (Å²) in [7, 11) is 0.645. The van der Waals surface area contributed by atoms with Crippen LogP contribution in [0.25, 0.3) is 0 Å². The fourth-order valence-electron chi connectivity index (χ4n) is 3.14. The zero-order valence-electron chi connectivity index (χ0n) is 12.7. The number of hydrogen-bond donors (Lipinski definition) is 1. The average molecular weight is 309 g/mol. The molecule has 1 fully saturated rings. The standard InChI is InChI=1S/C15H23N3O2S/c1-17(2)13-4-3-9-18(11-13)21(19,20)14-6-5-12-7-8-16-15(12)10-14/h5-6,10,13,16H,3-4,7-9,11H2,1-2H3. The van der Waals surface area contributed by atoms with Crippen LogP contribution >= 0.6 is 0 Å². The first-order chi connectivity index (χ1) is 9.98. The van der Waals surface area contributed by atoms with Crippen LogP contribution in [-0.2, 0) is 16.4 Å². The molecule has 2 aliphatic rings. The molecule has 1 N–H and O–H groups in total. The Kier molecular flexibility index (Phi) is 3.94. The third-order valence-corrected chi connectivity index (χ3v) is 6.38. The molecule has 0 radical (unpaired) electrons. The molecule has 0 aromatic heterocycles. The predicted octanol–water partition coefficient (Wildman–Crippen LogP) is 1.37. The van der Waals surface area contributed by atoms with Crippen molar-refractivity contribution in [3.63, 3.8) is 0 Å². The molecule has 3 rings (SSSR count). The van der Waals surface area contributed by atoms with Gasteiger partial charge in [0.2, 0.25) is 10.0 Å². The van der Waals surface area contributed by atoms with E-state index in [1.807, 2.05) is 20.2 Å². The minimum absolute atomic E-state index is 0.307. The summed E-state index contributed by atoms with van der Waals surface area (Å²) in [5.41, 5.74) is 2.18. The number of benzene rings is 1. The Balaban J connectivity index is 1.86. The Morgan fingerprint density at radius 3 is 2.90 bits per heavy atom. The van der Waals surface area contributed by atoms with Crippen LogP contribution in [0, 0.1) is 0 Å². The Morgan fingerprint density at radius 2 is 2.14 bits per heavy atom. The summed E-state index contributed by atoms with van der Waals surface area (Å²) in [5.74, 6) is 0. The SMILES string of the molecule is CN(C)C1CCCN(S(=O)(=O)c2ccc3c(c2)NCC3)C1. The molecule has 2 heterocycles. The number of likely N-dealkylation sites (N-methyl/N-ethyl adjacent to an activating group) is 1. The van der Waals surface area contributed by atoms with E-state index in [0.29, 0.717) is 24.0 Å². The van der Waals surface area contributed by atoms with Crippen LogP contribution in [0.4, 0.5) is 5.69 Å². The van der Waals surface area contributed by atoms with Gasteiger partial charge in [-0.1, -0.05) is 6.07 Å². The molecule has 1 unspecified atom stereocenters. The van der Waals surface area contributed by atoms with E-state index in [4.69, 9.17) is 0 Å². The maximum absolute atomic E-state index is 12.8. The van der Waals surface area contributed by atoms with Gasteiger partial charge in [-0.15, -0.1) is 0 Å². The highest BCUT2D eigenvalue weighted by molar-refractivity contribution is 7.89. The van der Waals surface area contributed by atoms with E-state index in [1.54, 1.807) is 16.4 Å². The molecule has 1 aromatic rings. The summed E-state index contributed by atoms with van der Waals surface area (Å²) in [5, 5.41) is 3.25. The highest BCUT2D eigenvalue weighted by Crippen LogP contribution is 2.28. The molecular formula is C15H23N3O2S. The van der Waals surface area contributed by atoms with E-state index >= 15 is 0 Å². The summed E-state index contributed by atoms with van der Waals surface area (Å²) < 4.78 is 27.3. The first-order valence-corrected chi connectivity index (χ1v) is 8.96. The summed E-state index contributed by atoms with van der Waals surface area (Å²) in [6.07, 6.45) is 2.96. The smallest absolute Gasteiger partial charge is 0.243 e. The molecule has 1 atom stereocenters. The van der Waals surface area contributed by atoms with Gasteiger partial charge in [-0.3, -0.25) is 0 Å². The Morgan fingerprint density at radius 1 is 1.33 bits per heavy atom. The van der Waals surface area contributed by atoms with Crippen molar-refractivity contribution in [2.75, 3.05) is 39.0 Å². The van der Waals surface area contributed by atoms with Gasteiger partial charge in [0, 0.05) is 31.4 Å². The van der Waals surface area contributed by atoms with Gasteiger partial charge in [0.05, 0.1) is 4.90 Å². The highest BCUT2D eigenvalue weighted by atomic mass is 32.2. The number of piperidine rings is 1. The molecule has 0 amide bonds. The molecule has 1 aromatic carbocycles. The third-order valence-electron chi connectivity index (χ3n) is 4.52. The first kappa shape index (κ1) is 14.8. The van der Waals surface area contributed by atoms with Crippen molar-refractivity contribution in [2.24, 2.45) is 0 Å². The lowest BCUT2D eigenvalue weighted by atomic mass is 10.1. The van der Waals surface area contributed by atoms with Gasteiger partial charge in [0.1, 0.15) is 0 Å². The molecule has 6 heteroatoms. The lowest BCUT2D eigenvalue weighted by Gasteiger charge is -2.35. The number of hydrogen-bond acceptors (Lipinski definition) is 4. The molecule has 5 nitrogen and oxygen atoms in total. The lowest BCUT2D eigenvalue weighted by Crippen LogP contribution is -2.47. The van der Waals surface area contributed by atoms with E-state index in [-0.39, 0.29) is 0 Å². The summed E-state index contributed by atoms with van der Waals surface area (Å²) in [6, 6.07) is 5.79. The summed E-state index contributed by atoms with van der Waals surface area (Å²) in [6.45, 7) is 2.10. The normalized spacial score (nSPS) is 23.1. The van der Waals surface area contributed by atoms with Crippen molar-refractivity contribution in [1.82, 2.24) is 9.21 Å². The second-order valence-corrected chi connectivity index (χ2v) is 8.06. The van der Waals surface area contributed by atoms with Gasteiger partial charge in [-0.2, -0.15) is 4.31 Å².